The van der Waals surface area contributed by atoms with Crippen molar-refractivity contribution in [3.05, 3.63) is 107 Å². The second kappa shape index (κ2) is 9.37. The van der Waals surface area contributed by atoms with Crippen LogP contribution < -0.4 is 0 Å². The van der Waals surface area contributed by atoms with Gasteiger partial charge in [-0.3, -0.25) is 4.79 Å². The minimum atomic E-state index is -0.469. The quantitative estimate of drug-likeness (QED) is 0.386. The van der Waals surface area contributed by atoms with Gasteiger partial charge in [0.25, 0.3) is 5.91 Å². The van der Waals surface area contributed by atoms with Crippen LogP contribution >= 0.6 is 11.3 Å². The lowest BCUT2D eigenvalue weighted by atomic mass is 10.1. The molecule has 0 unspecified atom stereocenters. The van der Waals surface area contributed by atoms with E-state index in [1.165, 1.54) is 11.3 Å². The van der Waals surface area contributed by atoms with Crippen LogP contribution in [0, 0.1) is 0 Å². The number of fused-ring (bicyclic) bond motifs is 1. The third kappa shape index (κ3) is 4.93. The summed E-state index contributed by atoms with van der Waals surface area (Å²) in [6, 6.07) is 29.2. The van der Waals surface area contributed by atoms with E-state index in [-0.39, 0.29) is 12.5 Å². The van der Waals surface area contributed by atoms with Crippen LogP contribution in [0.4, 0.5) is 0 Å². The van der Waals surface area contributed by atoms with E-state index in [4.69, 9.17) is 4.74 Å². The molecular weight excluding hydrogens is 394 g/mol. The Morgan fingerprint density at radius 3 is 1.93 bits per heavy atom. The highest BCUT2D eigenvalue weighted by Crippen LogP contribution is 2.25. The van der Waals surface area contributed by atoms with Crippen LogP contribution in [0.2, 0.25) is 0 Å². The number of carbonyl (C=O) groups excluding carboxylic acids is 2. The van der Waals surface area contributed by atoms with Crippen molar-refractivity contribution in [2.45, 2.75) is 13.1 Å². The molecule has 4 rings (SSSR count). The molecule has 3 aromatic carbocycles. The SMILES string of the molecule is O=C(OCC(=O)N(Cc1ccccc1)Cc1ccccc1)c1cc2ccccc2s1. The summed E-state index contributed by atoms with van der Waals surface area (Å²) in [5, 5.41) is 0.996. The Labute approximate surface area is 179 Å². The number of carbonyl (C=O) groups is 2. The largest absolute Gasteiger partial charge is 0.451 e. The molecule has 4 nitrogen and oxygen atoms in total. The van der Waals surface area contributed by atoms with Gasteiger partial charge in [0.1, 0.15) is 4.88 Å². The van der Waals surface area contributed by atoms with E-state index in [1.54, 1.807) is 11.0 Å². The molecule has 1 heterocycles. The first-order valence-corrected chi connectivity index (χ1v) is 10.5. The van der Waals surface area contributed by atoms with Crippen LogP contribution in [0.25, 0.3) is 10.1 Å². The molecule has 0 radical (unpaired) electrons. The molecule has 5 heteroatoms. The molecule has 0 aliphatic heterocycles. The first-order chi connectivity index (χ1) is 14.7. The van der Waals surface area contributed by atoms with Gasteiger partial charge in [-0.2, -0.15) is 0 Å². The fourth-order valence-electron chi connectivity index (χ4n) is 3.21. The molecule has 30 heavy (non-hydrogen) atoms. The highest BCUT2D eigenvalue weighted by Gasteiger charge is 2.18. The van der Waals surface area contributed by atoms with Crippen molar-refractivity contribution in [1.29, 1.82) is 0 Å². The van der Waals surface area contributed by atoms with Crippen molar-refractivity contribution >= 4 is 33.3 Å². The van der Waals surface area contributed by atoms with Crippen molar-refractivity contribution in [3.8, 4) is 0 Å². The van der Waals surface area contributed by atoms with E-state index in [2.05, 4.69) is 0 Å². The van der Waals surface area contributed by atoms with E-state index in [9.17, 15) is 9.59 Å². The molecule has 1 aromatic heterocycles. The van der Waals surface area contributed by atoms with Crippen LogP contribution in [0.15, 0.2) is 91.0 Å². The minimum absolute atomic E-state index is 0.225. The lowest BCUT2D eigenvalue weighted by Crippen LogP contribution is -2.33. The summed E-state index contributed by atoms with van der Waals surface area (Å²) in [6.45, 7) is 0.622. The Hall–Kier alpha value is -3.44. The highest BCUT2D eigenvalue weighted by molar-refractivity contribution is 7.20. The maximum Gasteiger partial charge on any atom is 0.348 e. The number of benzene rings is 3. The molecule has 0 atom stereocenters. The van der Waals surface area contributed by atoms with Gasteiger partial charge in [0.2, 0.25) is 0 Å². The fraction of sp³-hybridized carbons (Fsp3) is 0.120. The summed E-state index contributed by atoms with van der Waals surface area (Å²) < 4.78 is 6.38. The Morgan fingerprint density at radius 1 is 0.767 bits per heavy atom. The van der Waals surface area contributed by atoms with Crippen LogP contribution in [-0.4, -0.2) is 23.4 Å². The number of amides is 1. The van der Waals surface area contributed by atoms with Gasteiger partial charge in [0.15, 0.2) is 6.61 Å². The van der Waals surface area contributed by atoms with E-state index < -0.39 is 5.97 Å². The summed E-state index contributed by atoms with van der Waals surface area (Å²) >= 11 is 1.37. The normalized spacial score (nSPS) is 10.7. The summed E-state index contributed by atoms with van der Waals surface area (Å²) in [7, 11) is 0. The molecule has 0 fully saturated rings. The number of esters is 1. The van der Waals surface area contributed by atoms with Gasteiger partial charge in [0, 0.05) is 17.8 Å². The van der Waals surface area contributed by atoms with Crippen molar-refractivity contribution in [1.82, 2.24) is 4.90 Å². The third-order valence-corrected chi connectivity index (χ3v) is 5.83. The van der Waals surface area contributed by atoms with Crippen molar-refractivity contribution < 1.29 is 14.3 Å². The van der Waals surface area contributed by atoms with Gasteiger partial charge < -0.3 is 9.64 Å². The van der Waals surface area contributed by atoms with E-state index in [1.807, 2.05) is 84.9 Å². The van der Waals surface area contributed by atoms with Crippen LogP contribution in [0.1, 0.15) is 20.8 Å². The maximum atomic E-state index is 12.9. The molecule has 150 valence electrons. The number of nitrogens with zero attached hydrogens (tertiary/aromatic N) is 1. The number of hydrogen-bond acceptors (Lipinski definition) is 4. The Kier molecular flexibility index (Phi) is 6.20. The maximum absolute atomic E-state index is 12.9. The smallest absolute Gasteiger partial charge is 0.348 e. The molecule has 4 aromatic rings. The minimum Gasteiger partial charge on any atom is -0.451 e. The lowest BCUT2D eigenvalue weighted by molar-refractivity contribution is -0.135. The van der Waals surface area contributed by atoms with Crippen molar-refractivity contribution in [3.63, 3.8) is 0 Å². The summed E-state index contributed by atoms with van der Waals surface area (Å²) in [4.78, 5) is 27.6. The van der Waals surface area contributed by atoms with Gasteiger partial charge in [-0.15, -0.1) is 11.3 Å². The number of thiophene rings is 1. The fourth-order valence-corrected chi connectivity index (χ4v) is 4.17. The molecule has 0 saturated heterocycles. The van der Waals surface area contributed by atoms with E-state index in [0.29, 0.717) is 18.0 Å². The van der Waals surface area contributed by atoms with Crippen molar-refractivity contribution in [2.24, 2.45) is 0 Å². The first-order valence-electron chi connectivity index (χ1n) is 9.70. The third-order valence-electron chi connectivity index (χ3n) is 4.74. The number of hydrogen-bond donors (Lipinski definition) is 0. The van der Waals surface area contributed by atoms with E-state index >= 15 is 0 Å². The van der Waals surface area contributed by atoms with Crippen molar-refractivity contribution in [2.75, 3.05) is 6.61 Å². The molecule has 0 aliphatic carbocycles. The molecular formula is C25H21NO3S. The monoisotopic (exact) mass is 415 g/mol. The Balaban J connectivity index is 1.44. The van der Waals surface area contributed by atoms with Gasteiger partial charge >= 0.3 is 5.97 Å². The van der Waals surface area contributed by atoms with Gasteiger partial charge in [-0.05, 0) is 28.6 Å². The zero-order valence-electron chi connectivity index (χ0n) is 16.4. The predicted octanol–water partition coefficient (Wildman–Crippen LogP) is 5.29. The van der Waals surface area contributed by atoms with Gasteiger partial charge in [-0.25, -0.2) is 4.79 Å². The summed E-state index contributed by atoms with van der Waals surface area (Å²) in [6.07, 6.45) is 0. The number of ether oxygens (including phenoxy) is 1. The van der Waals surface area contributed by atoms with Gasteiger partial charge in [0.05, 0.1) is 0 Å². The summed E-state index contributed by atoms with van der Waals surface area (Å²) in [5.74, 6) is -0.693. The average molecular weight is 416 g/mol. The standard InChI is InChI=1S/C25H21NO3S/c27-24(18-29-25(28)23-15-21-13-7-8-14-22(21)30-23)26(16-19-9-3-1-4-10-19)17-20-11-5-2-6-12-20/h1-15H,16-18H2. The van der Waals surface area contributed by atoms with Crippen LogP contribution in [0.5, 0.6) is 0 Å². The summed E-state index contributed by atoms with van der Waals surface area (Å²) in [5.41, 5.74) is 2.05. The molecule has 0 spiro atoms. The molecule has 0 saturated carbocycles. The lowest BCUT2D eigenvalue weighted by Gasteiger charge is -2.23. The second-order valence-electron chi connectivity index (χ2n) is 6.95. The van der Waals surface area contributed by atoms with Crippen LogP contribution in [-0.2, 0) is 22.6 Å². The molecule has 0 N–H and O–H groups in total. The average Bonchev–Trinajstić information content (AvgIpc) is 3.23. The second-order valence-corrected chi connectivity index (χ2v) is 8.03. The van der Waals surface area contributed by atoms with Gasteiger partial charge in [-0.1, -0.05) is 78.9 Å². The topological polar surface area (TPSA) is 46.6 Å². The zero-order chi connectivity index (χ0) is 20.8. The number of rotatable bonds is 7. The van der Waals surface area contributed by atoms with E-state index in [0.717, 1.165) is 21.2 Å². The molecule has 1 amide bonds. The highest BCUT2D eigenvalue weighted by atomic mass is 32.1. The molecule has 0 aliphatic rings. The zero-order valence-corrected chi connectivity index (χ0v) is 17.2. The van der Waals surface area contributed by atoms with Crippen LogP contribution in [0.3, 0.4) is 0 Å². The Bertz CT molecular complexity index is 1060. The molecule has 0 bridgehead atoms. The first kappa shape index (κ1) is 19.9. The predicted molar refractivity (Wildman–Crippen MR) is 119 cm³/mol. The Morgan fingerprint density at radius 2 is 1.33 bits per heavy atom.